The highest BCUT2D eigenvalue weighted by atomic mass is 16.5. The largest absolute Gasteiger partial charge is 0.361 e. The molecule has 0 bridgehead atoms. The Balaban J connectivity index is 2.02. The first-order valence-corrected chi connectivity index (χ1v) is 4.55. The van der Waals surface area contributed by atoms with Gasteiger partial charge in [0.15, 0.2) is 5.82 Å². The van der Waals surface area contributed by atoms with E-state index in [0.717, 1.165) is 11.4 Å². The SMILES string of the molecule is Cc1ncc(NCc2ncon2)nc1C. The lowest BCUT2D eigenvalue weighted by Gasteiger charge is -2.04. The minimum absolute atomic E-state index is 0.480. The van der Waals surface area contributed by atoms with E-state index >= 15 is 0 Å². The van der Waals surface area contributed by atoms with Gasteiger partial charge in [-0.3, -0.25) is 4.98 Å². The molecule has 15 heavy (non-hydrogen) atoms. The van der Waals surface area contributed by atoms with Crippen molar-refractivity contribution < 1.29 is 4.52 Å². The van der Waals surface area contributed by atoms with Gasteiger partial charge in [0.05, 0.1) is 24.1 Å². The summed E-state index contributed by atoms with van der Waals surface area (Å²) in [5.74, 6) is 1.30. The van der Waals surface area contributed by atoms with Crippen LogP contribution in [0.5, 0.6) is 0 Å². The van der Waals surface area contributed by atoms with Crippen LogP contribution in [0.15, 0.2) is 17.1 Å². The van der Waals surface area contributed by atoms with E-state index in [-0.39, 0.29) is 0 Å². The third-order valence-corrected chi connectivity index (χ3v) is 2.03. The molecule has 0 aromatic carbocycles. The summed E-state index contributed by atoms with van der Waals surface area (Å²) >= 11 is 0. The van der Waals surface area contributed by atoms with Crippen molar-refractivity contribution in [2.75, 3.05) is 5.32 Å². The first-order chi connectivity index (χ1) is 7.25. The maximum atomic E-state index is 4.61. The molecule has 0 saturated heterocycles. The highest BCUT2D eigenvalue weighted by Gasteiger charge is 2.01. The van der Waals surface area contributed by atoms with Crippen LogP contribution in [0.2, 0.25) is 0 Å². The number of nitrogens with zero attached hydrogens (tertiary/aromatic N) is 4. The molecule has 0 fully saturated rings. The van der Waals surface area contributed by atoms with Gasteiger partial charge in [0.1, 0.15) is 5.82 Å². The molecule has 0 aliphatic rings. The normalized spacial score (nSPS) is 10.3. The Morgan fingerprint density at radius 3 is 2.80 bits per heavy atom. The second kappa shape index (κ2) is 4.04. The van der Waals surface area contributed by atoms with E-state index in [1.165, 1.54) is 6.39 Å². The average molecular weight is 205 g/mol. The van der Waals surface area contributed by atoms with Crippen molar-refractivity contribution in [1.29, 1.82) is 0 Å². The van der Waals surface area contributed by atoms with Crippen LogP contribution in [0.3, 0.4) is 0 Å². The second-order valence-corrected chi connectivity index (χ2v) is 3.13. The number of aryl methyl sites for hydroxylation is 2. The summed E-state index contributed by atoms with van der Waals surface area (Å²) in [4.78, 5) is 12.4. The smallest absolute Gasteiger partial charge is 0.213 e. The first kappa shape index (κ1) is 9.57. The lowest BCUT2D eigenvalue weighted by Crippen LogP contribution is -2.04. The molecule has 2 aromatic rings. The van der Waals surface area contributed by atoms with Crippen molar-refractivity contribution in [3.63, 3.8) is 0 Å². The Morgan fingerprint density at radius 2 is 2.13 bits per heavy atom. The van der Waals surface area contributed by atoms with Crippen molar-refractivity contribution in [2.24, 2.45) is 0 Å². The molecule has 0 atom stereocenters. The lowest BCUT2D eigenvalue weighted by molar-refractivity contribution is 0.411. The van der Waals surface area contributed by atoms with Crippen molar-refractivity contribution >= 4 is 5.82 Å². The van der Waals surface area contributed by atoms with Gasteiger partial charge in [-0.1, -0.05) is 5.16 Å². The van der Waals surface area contributed by atoms with Crippen molar-refractivity contribution in [1.82, 2.24) is 20.1 Å². The van der Waals surface area contributed by atoms with Crippen LogP contribution >= 0.6 is 0 Å². The Kier molecular flexibility index (Phi) is 2.57. The summed E-state index contributed by atoms with van der Waals surface area (Å²) in [7, 11) is 0. The van der Waals surface area contributed by atoms with Crippen LogP contribution in [-0.2, 0) is 6.54 Å². The molecular formula is C9H11N5O. The van der Waals surface area contributed by atoms with Crippen LogP contribution in [0.4, 0.5) is 5.82 Å². The maximum absolute atomic E-state index is 4.61. The van der Waals surface area contributed by atoms with Gasteiger partial charge in [-0.15, -0.1) is 0 Å². The zero-order valence-electron chi connectivity index (χ0n) is 8.56. The summed E-state index contributed by atoms with van der Waals surface area (Å²) < 4.78 is 4.61. The van der Waals surface area contributed by atoms with Gasteiger partial charge in [0, 0.05) is 0 Å². The Morgan fingerprint density at radius 1 is 1.27 bits per heavy atom. The Bertz CT molecular complexity index is 440. The van der Waals surface area contributed by atoms with Gasteiger partial charge >= 0.3 is 0 Å². The van der Waals surface area contributed by atoms with Crippen molar-refractivity contribution in [3.05, 3.63) is 29.8 Å². The summed E-state index contributed by atoms with van der Waals surface area (Å²) in [6.45, 7) is 4.32. The molecule has 0 aliphatic heterocycles. The zero-order valence-corrected chi connectivity index (χ0v) is 8.56. The van der Waals surface area contributed by atoms with Crippen molar-refractivity contribution in [3.8, 4) is 0 Å². The topological polar surface area (TPSA) is 76.7 Å². The molecular weight excluding hydrogens is 194 g/mol. The van der Waals surface area contributed by atoms with Crippen LogP contribution < -0.4 is 5.32 Å². The minimum atomic E-state index is 0.480. The Labute approximate surface area is 86.8 Å². The number of rotatable bonds is 3. The predicted molar refractivity (Wildman–Crippen MR) is 53.1 cm³/mol. The fraction of sp³-hybridized carbons (Fsp3) is 0.333. The number of hydrogen-bond acceptors (Lipinski definition) is 6. The van der Waals surface area contributed by atoms with Crippen LogP contribution in [0.25, 0.3) is 0 Å². The monoisotopic (exact) mass is 205 g/mol. The predicted octanol–water partition coefficient (Wildman–Crippen LogP) is 1.09. The van der Waals surface area contributed by atoms with E-state index in [2.05, 4.69) is 29.9 Å². The standard InChI is InChI=1S/C9H11N5O/c1-6-7(2)13-8(3-10-6)11-4-9-12-5-15-14-9/h3,5H,4H2,1-2H3,(H,11,13). The molecule has 0 radical (unpaired) electrons. The van der Waals surface area contributed by atoms with E-state index in [9.17, 15) is 0 Å². The highest BCUT2D eigenvalue weighted by Crippen LogP contribution is 2.06. The van der Waals surface area contributed by atoms with Gasteiger partial charge in [-0.25, -0.2) is 4.98 Å². The molecule has 0 amide bonds. The summed E-state index contributed by atoms with van der Waals surface area (Å²) in [5.41, 5.74) is 1.84. The second-order valence-electron chi connectivity index (χ2n) is 3.13. The molecule has 0 aliphatic carbocycles. The van der Waals surface area contributed by atoms with E-state index in [1.807, 2.05) is 13.8 Å². The number of nitrogens with one attached hydrogen (secondary N) is 1. The molecule has 0 saturated carbocycles. The third kappa shape index (κ3) is 2.28. The van der Waals surface area contributed by atoms with E-state index in [0.29, 0.717) is 18.2 Å². The van der Waals surface area contributed by atoms with Crippen molar-refractivity contribution in [2.45, 2.75) is 20.4 Å². The lowest BCUT2D eigenvalue weighted by atomic mass is 10.3. The van der Waals surface area contributed by atoms with E-state index < -0.39 is 0 Å². The summed E-state index contributed by atoms with van der Waals surface area (Å²) in [5, 5.41) is 6.73. The van der Waals surface area contributed by atoms with E-state index in [4.69, 9.17) is 0 Å². The fourth-order valence-corrected chi connectivity index (χ4v) is 1.07. The third-order valence-electron chi connectivity index (χ3n) is 2.03. The van der Waals surface area contributed by atoms with Crippen LogP contribution in [0, 0.1) is 13.8 Å². The quantitative estimate of drug-likeness (QED) is 0.808. The molecule has 6 heteroatoms. The molecule has 2 heterocycles. The van der Waals surface area contributed by atoms with Gasteiger partial charge in [0.25, 0.3) is 0 Å². The molecule has 6 nitrogen and oxygen atoms in total. The van der Waals surface area contributed by atoms with Crippen LogP contribution in [0.1, 0.15) is 17.2 Å². The molecule has 78 valence electrons. The highest BCUT2D eigenvalue weighted by molar-refractivity contribution is 5.33. The molecule has 0 unspecified atom stereocenters. The Hall–Kier alpha value is -1.98. The maximum Gasteiger partial charge on any atom is 0.213 e. The number of anilines is 1. The summed E-state index contributed by atoms with van der Waals surface area (Å²) in [6, 6.07) is 0. The number of aromatic nitrogens is 4. The van der Waals surface area contributed by atoms with E-state index in [1.54, 1.807) is 6.20 Å². The van der Waals surface area contributed by atoms with Crippen LogP contribution in [-0.4, -0.2) is 20.1 Å². The van der Waals surface area contributed by atoms with Gasteiger partial charge in [-0.2, -0.15) is 4.98 Å². The first-order valence-electron chi connectivity index (χ1n) is 4.55. The minimum Gasteiger partial charge on any atom is -0.361 e. The van der Waals surface area contributed by atoms with Gasteiger partial charge in [0.2, 0.25) is 6.39 Å². The summed E-state index contributed by atoms with van der Waals surface area (Å²) in [6.07, 6.45) is 2.98. The molecule has 2 rings (SSSR count). The molecule has 2 aromatic heterocycles. The molecule has 1 N–H and O–H groups in total. The van der Waals surface area contributed by atoms with Gasteiger partial charge < -0.3 is 9.84 Å². The zero-order chi connectivity index (χ0) is 10.7. The molecule has 0 spiro atoms. The fourth-order valence-electron chi connectivity index (χ4n) is 1.07. The number of hydrogen-bond donors (Lipinski definition) is 1. The average Bonchev–Trinajstić information content (AvgIpc) is 2.73. The van der Waals surface area contributed by atoms with Gasteiger partial charge in [-0.05, 0) is 13.8 Å².